The van der Waals surface area contributed by atoms with E-state index in [2.05, 4.69) is 4.72 Å². The van der Waals surface area contributed by atoms with Gasteiger partial charge in [0.2, 0.25) is 0 Å². The van der Waals surface area contributed by atoms with Crippen LogP contribution in [0.3, 0.4) is 0 Å². The highest BCUT2D eigenvalue weighted by Crippen LogP contribution is 2.15. The molecule has 7 heteroatoms. The van der Waals surface area contributed by atoms with E-state index >= 15 is 0 Å². The SMILES string of the molecule is NCCCc1cccc(NS(=O)(=O)N2CCOCC2)c1. The molecule has 2 rings (SSSR count). The molecule has 1 aromatic carbocycles. The van der Waals surface area contributed by atoms with E-state index < -0.39 is 10.2 Å². The van der Waals surface area contributed by atoms with Crippen molar-refractivity contribution in [3.8, 4) is 0 Å². The van der Waals surface area contributed by atoms with Crippen LogP contribution in [0.5, 0.6) is 0 Å². The molecule has 0 spiro atoms. The predicted molar refractivity (Wildman–Crippen MR) is 78.8 cm³/mol. The minimum Gasteiger partial charge on any atom is -0.379 e. The smallest absolute Gasteiger partial charge is 0.301 e. The molecule has 1 aromatic rings. The molecule has 1 aliphatic heterocycles. The number of hydrogen-bond donors (Lipinski definition) is 2. The summed E-state index contributed by atoms with van der Waals surface area (Å²) in [6.07, 6.45) is 1.74. The van der Waals surface area contributed by atoms with E-state index in [1.165, 1.54) is 4.31 Å². The summed E-state index contributed by atoms with van der Waals surface area (Å²) in [5.74, 6) is 0. The zero-order valence-electron chi connectivity index (χ0n) is 11.4. The lowest BCUT2D eigenvalue weighted by molar-refractivity contribution is 0.0733. The number of benzene rings is 1. The van der Waals surface area contributed by atoms with Gasteiger partial charge in [-0.05, 0) is 37.1 Å². The minimum absolute atomic E-state index is 0.391. The zero-order valence-corrected chi connectivity index (χ0v) is 12.2. The molecule has 0 atom stereocenters. The van der Waals surface area contributed by atoms with Gasteiger partial charge in [-0.15, -0.1) is 0 Å². The molecule has 0 aliphatic carbocycles. The summed E-state index contributed by atoms with van der Waals surface area (Å²) in [6.45, 7) is 2.29. The number of anilines is 1. The van der Waals surface area contributed by atoms with Crippen LogP contribution in [-0.2, 0) is 21.4 Å². The van der Waals surface area contributed by atoms with Crippen molar-refractivity contribution >= 4 is 15.9 Å². The molecular weight excluding hydrogens is 278 g/mol. The highest BCUT2D eigenvalue weighted by atomic mass is 32.2. The van der Waals surface area contributed by atoms with Crippen LogP contribution in [-0.4, -0.2) is 45.6 Å². The Morgan fingerprint density at radius 3 is 2.75 bits per heavy atom. The molecule has 6 nitrogen and oxygen atoms in total. The number of nitrogens with one attached hydrogen (secondary N) is 1. The van der Waals surface area contributed by atoms with Crippen molar-refractivity contribution in [2.75, 3.05) is 37.6 Å². The van der Waals surface area contributed by atoms with Gasteiger partial charge in [-0.3, -0.25) is 4.72 Å². The molecule has 0 unspecified atom stereocenters. The molecule has 0 bridgehead atoms. The Morgan fingerprint density at radius 1 is 1.30 bits per heavy atom. The predicted octanol–water partition coefficient (Wildman–Crippen LogP) is 0.567. The number of hydrogen-bond acceptors (Lipinski definition) is 4. The van der Waals surface area contributed by atoms with Crippen LogP contribution in [0, 0.1) is 0 Å². The van der Waals surface area contributed by atoms with E-state index in [1.54, 1.807) is 6.07 Å². The van der Waals surface area contributed by atoms with Crippen LogP contribution in [0.25, 0.3) is 0 Å². The molecular formula is C13H21N3O3S. The van der Waals surface area contributed by atoms with Crippen LogP contribution in [0.2, 0.25) is 0 Å². The topological polar surface area (TPSA) is 84.7 Å². The molecule has 0 radical (unpaired) electrons. The summed E-state index contributed by atoms with van der Waals surface area (Å²) in [5, 5.41) is 0. The molecule has 112 valence electrons. The van der Waals surface area contributed by atoms with E-state index in [0.29, 0.717) is 38.5 Å². The Bertz CT molecular complexity index is 527. The van der Waals surface area contributed by atoms with E-state index in [0.717, 1.165) is 18.4 Å². The number of ether oxygens (including phenoxy) is 1. The largest absolute Gasteiger partial charge is 0.379 e. The van der Waals surface area contributed by atoms with Crippen LogP contribution in [0.15, 0.2) is 24.3 Å². The third kappa shape index (κ3) is 4.17. The van der Waals surface area contributed by atoms with Gasteiger partial charge in [0.25, 0.3) is 0 Å². The standard InChI is InChI=1S/C13H21N3O3S/c14-6-2-4-12-3-1-5-13(11-12)15-20(17,18)16-7-9-19-10-8-16/h1,3,5,11,15H,2,4,6-10,14H2. The van der Waals surface area contributed by atoms with Crippen molar-refractivity contribution in [3.05, 3.63) is 29.8 Å². The number of nitrogens with two attached hydrogens (primary N) is 1. The maximum absolute atomic E-state index is 12.2. The second-order valence-corrected chi connectivity index (χ2v) is 6.38. The van der Waals surface area contributed by atoms with Crippen LogP contribution < -0.4 is 10.5 Å². The van der Waals surface area contributed by atoms with Crippen LogP contribution >= 0.6 is 0 Å². The molecule has 0 amide bonds. The van der Waals surface area contributed by atoms with Gasteiger partial charge >= 0.3 is 10.2 Å². The summed E-state index contributed by atoms with van der Waals surface area (Å²) >= 11 is 0. The molecule has 1 heterocycles. The lowest BCUT2D eigenvalue weighted by Gasteiger charge is -2.26. The molecule has 0 saturated carbocycles. The van der Waals surface area contributed by atoms with Crippen LogP contribution in [0.4, 0.5) is 5.69 Å². The number of rotatable bonds is 6. The first-order valence-electron chi connectivity index (χ1n) is 6.76. The third-order valence-corrected chi connectivity index (χ3v) is 4.69. The van der Waals surface area contributed by atoms with Crippen molar-refractivity contribution in [1.82, 2.24) is 4.31 Å². The Morgan fingerprint density at radius 2 is 2.05 bits per heavy atom. The van der Waals surface area contributed by atoms with Gasteiger partial charge in [0.1, 0.15) is 0 Å². The third-order valence-electron chi connectivity index (χ3n) is 3.15. The molecule has 0 aromatic heterocycles. The maximum atomic E-state index is 12.2. The van der Waals surface area contributed by atoms with Gasteiger partial charge < -0.3 is 10.5 Å². The lowest BCUT2D eigenvalue weighted by Crippen LogP contribution is -2.43. The summed E-state index contributed by atoms with van der Waals surface area (Å²) in [6, 6.07) is 7.43. The van der Waals surface area contributed by atoms with Crippen molar-refractivity contribution in [1.29, 1.82) is 0 Å². The quantitative estimate of drug-likeness (QED) is 0.804. The Balaban J connectivity index is 2.04. The van der Waals surface area contributed by atoms with Gasteiger partial charge in [0.05, 0.1) is 18.9 Å². The molecule has 1 aliphatic rings. The number of nitrogens with zero attached hydrogens (tertiary/aromatic N) is 1. The first-order chi connectivity index (χ1) is 9.62. The fourth-order valence-electron chi connectivity index (χ4n) is 2.10. The molecule has 20 heavy (non-hydrogen) atoms. The van der Waals surface area contributed by atoms with Crippen molar-refractivity contribution < 1.29 is 13.2 Å². The molecule has 1 fully saturated rings. The second kappa shape index (κ2) is 7.03. The number of morpholine rings is 1. The summed E-state index contributed by atoms with van der Waals surface area (Å²) in [5.41, 5.74) is 7.15. The summed E-state index contributed by atoms with van der Waals surface area (Å²) in [4.78, 5) is 0. The monoisotopic (exact) mass is 299 g/mol. The first-order valence-corrected chi connectivity index (χ1v) is 8.20. The van der Waals surface area contributed by atoms with E-state index in [9.17, 15) is 8.42 Å². The van der Waals surface area contributed by atoms with E-state index in [-0.39, 0.29) is 0 Å². The minimum atomic E-state index is -3.50. The average Bonchev–Trinajstić information content (AvgIpc) is 2.46. The van der Waals surface area contributed by atoms with Gasteiger partial charge in [0, 0.05) is 13.1 Å². The second-order valence-electron chi connectivity index (χ2n) is 4.71. The maximum Gasteiger partial charge on any atom is 0.301 e. The van der Waals surface area contributed by atoms with Crippen molar-refractivity contribution in [2.45, 2.75) is 12.8 Å². The Hall–Kier alpha value is -1.15. The van der Waals surface area contributed by atoms with E-state index in [1.807, 2.05) is 18.2 Å². The number of aryl methyl sites for hydroxylation is 1. The van der Waals surface area contributed by atoms with Gasteiger partial charge in [-0.25, -0.2) is 0 Å². The van der Waals surface area contributed by atoms with Gasteiger partial charge in [0.15, 0.2) is 0 Å². The van der Waals surface area contributed by atoms with Gasteiger partial charge in [-0.1, -0.05) is 12.1 Å². The lowest BCUT2D eigenvalue weighted by atomic mass is 10.1. The highest BCUT2D eigenvalue weighted by Gasteiger charge is 2.24. The summed E-state index contributed by atoms with van der Waals surface area (Å²) in [7, 11) is -3.50. The van der Waals surface area contributed by atoms with Crippen molar-refractivity contribution in [3.63, 3.8) is 0 Å². The summed E-state index contributed by atoms with van der Waals surface area (Å²) < 4.78 is 33.6. The highest BCUT2D eigenvalue weighted by molar-refractivity contribution is 7.90. The Kier molecular flexibility index (Phi) is 5.36. The first kappa shape index (κ1) is 15.2. The van der Waals surface area contributed by atoms with E-state index in [4.69, 9.17) is 10.5 Å². The fraction of sp³-hybridized carbons (Fsp3) is 0.538. The van der Waals surface area contributed by atoms with Crippen LogP contribution in [0.1, 0.15) is 12.0 Å². The van der Waals surface area contributed by atoms with Crippen molar-refractivity contribution in [2.24, 2.45) is 5.73 Å². The molecule has 3 N–H and O–H groups in total. The van der Waals surface area contributed by atoms with Gasteiger partial charge in [-0.2, -0.15) is 12.7 Å². The Labute approximate surface area is 120 Å². The molecule has 1 saturated heterocycles. The fourth-order valence-corrected chi connectivity index (χ4v) is 3.28. The normalized spacial score (nSPS) is 17.1. The average molecular weight is 299 g/mol. The zero-order chi connectivity index (χ0) is 14.4.